The maximum absolute atomic E-state index is 13.0. The fourth-order valence-corrected chi connectivity index (χ4v) is 3.88. The molecule has 4 rings (SSSR count). The van der Waals surface area contributed by atoms with Crippen molar-refractivity contribution in [3.8, 4) is 0 Å². The first kappa shape index (κ1) is 23.8. The Balaban J connectivity index is 1.24. The van der Waals surface area contributed by atoms with Crippen LogP contribution < -0.4 is 9.80 Å². The van der Waals surface area contributed by atoms with Gasteiger partial charge in [-0.2, -0.15) is 13.2 Å². The highest BCUT2D eigenvalue weighted by atomic mass is 19.4. The van der Waals surface area contributed by atoms with Gasteiger partial charge >= 0.3 is 12.1 Å². The highest BCUT2D eigenvalue weighted by molar-refractivity contribution is 5.91. The number of ether oxygens (including phenoxy) is 2. The van der Waals surface area contributed by atoms with E-state index in [9.17, 15) is 22.8 Å². The van der Waals surface area contributed by atoms with Crippen LogP contribution in [0.3, 0.4) is 0 Å². The van der Waals surface area contributed by atoms with E-state index < -0.39 is 24.3 Å². The van der Waals surface area contributed by atoms with Crippen molar-refractivity contribution in [1.29, 1.82) is 0 Å². The highest BCUT2D eigenvalue weighted by Gasteiger charge is 2.31. The van der Waals surface area contributed by atoms with Gasteiger partial charge in [-0.25, -0.2) is 9.78 Å². The first-order valence-electron chi connectivity index (χ1n) is 11.0. The Bertz CT molecular complexity index is 1000. The SMILES string of the molecule is O=C(OCC(=O)N1CCN(c2cccc(C(F)(F)F)c2)CC1)c1ccc(N2CCOCC2)nc1. The Morgan fingerprint density at radius 3 is 2.35 bits per heavy atom. The van der Waals surface area contributed by atoms with Gasteiger partial charge in [0.25, 0.3) is 5.91 Å². The summed E-state index contributed by atoms with van der Waals surface area (Å²) in [5.41, 5.74) is 0.00318. The third-order valence-electron chi connectivity index (χ3n) is 5.82. The number of rotatable bonds is 5. The van der Waals surface area contributed by atoms with Crippen molar-refractivity contribution >= 4 is 23.4 Å². The summed E-state index contributed by atoms with van der Waals surface area (Å²) in [6.07, 6.45) is -2.98. The lowest BCUT2D eigenvalue weighted by Gasteiger charge is -2.36. The number of piperazine rings is 1. The molecule has 0 atom stereocenters. The number of carbonyl (C=O) groups is 2. The van der Waals surface area contributed by atoms with E-state index in [1.165, 1.54) is 17.2 Å². The number of alkyl halides is 3. The van der Waals surface area contributed by atoms with Crippen molar-refractivity contribution in [1.82, 2.24) is 9.88 Å². The van der Waals surface area contributed by atoms with E-state index in [4.69, 9.17) is 9.47 Å². The topological polar surface area (TPSA) is 75.2 Å². The number of amides is 1. The molecule has 3 heterocycles. The van der Waals surface area contributed by atoms with Crippen molar-refractivity contribution in [2.75, 3.05) is 68.9 Å². The second-order valence-corrected chi connectivity index (χ2v) is 8.00. The molecule has 34 heavy (non-hydrogen) atoms. The fourth-order valence-electron chi connectivity index (χ4n) is 3.88. The molecule has 2 aliphatic heterocycles. The molecule has 0 saturated carbocycles. The highest BCUT2D eigenvalue weighted by Crippen LogP contribution is 2.31. The molecule has 0 bridgehead atoms. The largest absolute Gasteiger partial charge is 0.452 e. The second-order valence-electron chi connectivity index (χ2n) is 8.00. The number of aromatic nitrogens is 1. The summed E-state index contributed by atoms with van der Waals surface area (Å²) in [5, 5.41) is 0. The lowest BCUT2D eigenvalue weighted by atomic mass is 10.1. The molecule has 0 unspecified atom stereocenters. The molecule has 1 amide bonds. The molecule has 0 aliphatic carbocycles. The molecule has 2 fully saturated rings. The predicted octanol–water partition coefficient (Wildman–Crippen LogP) is 2.44. The van der Waals surface area contributed by atoms with Crippen molar-refractivity contribution in [3.63, 3.8) is 0 Å². The number of esters is 1. The average Bonchev–Trinajstić information content (AvgIpc) is 2.87. The fraction of sp³-hybridized carbons (Fsp3) is 0.435. The van der Waals surface area contributed by atoms with Gasteiger partial charge in [0.15, 0.2) is 6.61 Å². The summed E-state index contributed by atoms with van der Waals surface area (Å²) in [6.45, 7) is 3.71. The van der Waals surface area contributed by atoms with Crippen LogP contribution in [0.4, 0.5) is 24.7 Å². The third-order valence-corrected chi connectivity index (χ3v) is 5.82. The second kappa shape index (κ2) is 10.3. The maximum atomic E-state index is 13.0. The van der Waals surface area contributed by atoms with Crippen LogP contribution in [0, 0.1) is 0 Å². The summed E-state index contributed by atoms with van der Waals surface area (Å²) >= 11 is 0. The molecule has 2 aliphatic rings. The molecule has 1 aromatic heterocycles. The Morgan fingerprint density at radius 2 is 1.71 bits per heavy atom. The van der Waals surface area contributed by atoms with Crippen molar-refractivity contribution in [3.05, 3.63) is 53.7 Å². The van der Waals surface area contributed by atoms with Gasteiger partial charge in [-0.05, 0) is 30.3 Å². The molecule has 0 N–H and O–H groups in total. The summed E-state index contributed by atoms with van der Waals surface area (Å²) < 4.78 is 49.3. The molecule has 0 spiro atoms. The number of anilines is 2. The zero-order chi connectivity index (χ0) is 24.1. The van der Waals surface area contributed by atoms with E-state index >= 15 is 0 Å². The number of morpholine rings is 1. The minimum atomic E-state index is -4.41. The molecule has 2 saturated heterocycles. The molecule has 0 radical (unpaired) electrons. The van der Waals surface area contributed by atoms with E-state index in [-0.39, 0.29) is 11.5 Å². The molecule has 8 nitrogen and oxygen atoms in total. The Labute approximate surface area is 194 Å². The molecule has 182 valence electrons. The average molecular weight is 478 g/mol. The van der Waals surface area contributed by atoms with Crippen LogP contribution in [0.25, 0.3) is 0 Å². The van der Waals surface area contributed by atoms with Crippen LogP contribution in [0.5, 0.6) is 0 Å². The van der Waals surface area contributed by atoms with Gasteiger partial charge in [0.2, 0.25) is 0 Å². The first-order valence-corrected chi connectivity index (χ1v) is 11.0. The van der Waals surface area contributed by atoms with E-state index in [1.54, 1.807) is 23.1 Å². The normalized spacial score (nSPS) is 17.0. The summed E-state index contributed by atoms with van der Waals surface area (Å²) in [5.74, 6) is -0.249. The maximum Gasteiger partial charge on any atom is 0.416 e. The monoisotopic (exact) mass is 478 g/mol. The number of halogens is 3. The van der Waals surface area contributed by atoms with Gasteiger partial charge in [-0.3, -0.25) is 4.79 Å². The minimum absolute atomic E-state index is 0.249. The number of hydrogen-bond donors (Lipinski definition) is 0. The Hall–Kier alpha value is -3.34. The van der Waals surface area contributed by atoms with Crippen LogP contribution in [0.1, 0.15) is 15.9 Å². The zero-order valence-corrected chi connectivity index (χ0v) is 18.5. The molecule has 2 aromatic rings. The predicted molar refractivity (Wildman–Crippen MR) is 118 cm³/mol. The minimum Gasteiger partial charge on any atom is -0.452 e. The van der Waals surface area contributed by atoms with Gasteiger partial charge in [0, 0.05) is 51.2 Å². The first-order chi connectivity index (χ1) is 16.3. The van der Waals surface area contributed by atoms with Crippen LogP contribution in [-0.2, 0) is 20.4 Å². The Kier molecular flexibility index (Phi) is 7.20. The van der Waals surface area contributed by atoms with Gasteiger partial charge < -0.3 is 24.2 Å². The zero-order valence-electron chi connectivity index (χ0n) is 18.5. The van der Waals surface area contributed by atoms with Gasteiger partial charge in [0.1, 0.15) is 5.82 Å². The molecule has 11 heteroatoms. The Morgan fingerprint density at radius 1 is 0.971 bits per heavy atom. The summed E-state index contributed by atoms with van der Waals surface area (Å²) in [4.78, 5) is 34.5. The smallest absolute Gasteiger partial charge is 0.416 e. The van der Waals surface area contributed by atoms with E-state index in [0.717, 1.165) is 31.0 Å². The van der Waals surface area contributed by atoms with E-state index in [1.807, 2.05) is 0 Å². The van der Waals surface area contributed by atoms with Crippen LogP contribution in [0.15, 0.2) is 42.6 Å². The van der Waals surface area contributed by atoms with Gasteiger partial charge in [0.05, 0.1) is 24.3 Å². The molecular weight excluding hydrogens is 453 g/mol. The third kappa shape index (κ3) is 5.77. The quantitative estimate of drug-likeness (QED) is 0.611. The lowest BCUT2D eigenvalue weighted by Crippen LogP contribution is -2.50. The number of hydrogen-bond acceptors (Lipinski definition) is 7. The van der Waals surface area contributed by atoms with Gasteiger partial charge in [-0.1, -0.05) is 6.07 Å². The molecular formula is C23H25F3N4O4. The summed E-state index contributed by atoms with van der Waals surface area (Å²) in [7, 11) is 0. The van der Waals surface area contributed by atoms with Crippen molar-refractivity contribution < 1.29 is 32.2 Å². The van der Waals surface area contributed by atoms with Crippen LogP contribution >= 0.6 is 0 Å². The van der Waals surface area contributed by atoms with E-state index in [0.29, 0.717) is 45.1 Å². The van der Waals surface area contributed by atoms with Crippen molar-refractivity contribution in [2.24, 2.45) is 0 Å². The molecule has 1 aromatic carbocycles. The lowest BCUT2D eigenvalue weighted by molar-refractivity contribution is -0.137. The number of benzene rings is 1. The van der Waals surface area contributed by atoms with Crippen molar-refractivity contribution in [2.45, 2.75) is 6.18 Å². The standard InChI is InChI=1S/C23H25F3N4O4/c24-23(25,26)18-2-1-3-19(14-18)28-6-8-30(9-7-28)21(31)16-34-22(32)17-4-5-20(27-15-17)29-10-12-33-13-11-29/h1-5,14-15H,6-13,16H2. The van der Waals surface area contributed by atoms with Crippen LogP contribution in [0.2, 0.25) is 0 Å². The number of carbonyl (C=O) groups excluding carboxylic acids is 2. The number of nitrogens with zero attached hydrogens (tertiary/aromatic N) is 4. The summed E-state index contributed by atoms with van der Waals surface area (Å²) in [6, 6.07) is 8.47. The van der Waals surface area contributed by atoms with E-state index in [2.05, 4.69) is 9.88 Å². The number of pyridine rings is 1. The van der Waals surface area contributed by atoms with Gasteiger partial charge in [-0.15, -0.1) is 0 Å². The van der Waals surface area contributed by atoms with Crippen LogP contribution in [-0.4, -0.2) is 80.8 Å².